The van der Waals surface area contributed by atoms with Gasteiger partial charge in [-0.2, -0.15) is 0 Å². The van der Waals surface area contributed by atoms with Crippen LogP contribution in [0.15, 0.2) is 24.3 Å². The fourth-order valence-electron chi connectivity index (χ4n) is 3.85. The third kappa shape index (κ3) is 2.64. The number of benzene rings is 1. The Hall–Kier alpha value is -0.860. The third-order valence-corrected chi connectivity index (χ3v) is 5.46. The molecular weight excluding hydrogens is 248 g/mol. The molecule has 1 aliphatic carbocycles. The lowest BCUT2D eigenvalue weighted by atomic mass is 9.72. The quantitative estimate of drug-likeness (QED) is 0.890. The monoisotopic (exact) mass is 274 g/mol. The first kappa shape index (κ1) is 14.1. The van der Waals surface area contributed by atoms with Crippen LogP contribution in [0.25, 0.3) is 0 Å². The maximum atomic E-state index is 10.8. The fourth-order valence-corrected chi connectivity index (χ4v) is 3.85. The Labute approximate surface area is 122 Å². The molecule has 5 unspecified atom stereocenters. The molecule has 110 valence electrons. The third-order valence-electron chi connectivity index (χ3n) is 5.46. The Kier molecular flexibility index (Phi) is 4.13. The average Bonchev–Trinajstić information content (AvgIpc) is 2.49. The van der Waals surface area contributed by atoms with Crippen LogP contribution in [-0.2, 0) is 11.2 Å². The van der Waals surface area contributed by atoms with Crippen molar-refractivity contribution in [3.63, 3.8) is 0 Å². The average molecular weight is 274 g/mol. The van der Waals surface area contributed by atoms with Crippen LogP contribution in [0.2, 0.25) is 0 Å². The number of fused-ring (bicyclic) bond motifs is 1. The van der Waals surface area contributed by atoms with Gasteiger partial charge in [-0.05, 0) is 48.1 Å². The Morgan fingerprint density at radius 2 is 1.95 bits per heavy atom. The molecule has 1 fully saturated rings. The summed E-state index contributed by atoms with van der Waals surface area (Å²) < 4.78 is 5.93. The summed E-state index contributed by atoms with van der Waals surface area (Å²) in [5, 5.41) is 10.8. The summed E-state index contributed by atoms with van der Waals surface area (Å²) in [5.74, 6) is 1.89. The van der Waals surface area contributed by atoms with E-state index in [4.69, 9.17) is 4.74 Å². The van der Waals surface area contributed by atoms with Gasteiger partial charge < -0.3 is 9.84 Å². The van der Waals surface area contributed by atoms with E-state index in [9.17, 15) is 5.11 Å². The molecule has 2 heteroatoms. The molecule has 0 saturated heterocycles. The van der Waals surface area contributed by atoms with Crippen molar-refractivity contribution in [3.8, 4) is 0 Å². The van der Waals surface area contributed by atoms with Crippen molar-refractivity contribution in [2.75, 3.05) is 6.61 Å². The van der Waals surface area contributed by atoms with E-state index in [2.05, 4.69) is 38.1 Å². The van der Waals surface area contributed by atoms with Crippen LogP contribution in [0.5, 0.6) is 0 Å². The molecule has 0 aromatic heterocycles. The van der Waals surface area contributed by atoms with Crippen molar-refractivity contribution in [1.29, 1.82) is 0 Å². The second kappa shape index (κ2) is 5.87. The molecule has 0 bridgehead atoms. The number of hydrogen-bond donors (Lipinski definition) is 1. The predicted octanol–water partition coefficient (Wildman–Crippen LogP) is 3.73. The minimum atomic E-state index is -0.355. The number of hydrogen-bond acceptors (Lipinski definition) is 2. The topological polar surface area (TPSA) is 29.5 Å². The molecule has 0 amide bonds. The van der Waals surface area contributed by atoms with Gasteiger partial charge in [0.15, 0.2) is 0 Å². The van der Waals surface area contributed by atoms with E-state index in [1.54, 1.807) is 0 Å². The normalized spacial score (nSPS) is 35.4. The van der Waals surface area contributed by atoms with Crippen LogP contribution in [0, 0.1) is 17.8 Å². The van der Waals surface area contributed by atoms with Crippen LogP contribution in [0.3, 0.4) is 0 Å². The Morgan fingerprint density at radius 3 is 2.75 bits per heavy atom. The Morgan fingerprint density at radius 1 is 1.15 bits per heavy atom. The largest absolute Gasteiger partial charge is 0.390 e. The zero-order chi connectivity index (χ0) is 14.1. The molecule has 1 saturated carbocycles. The van der Waals surface area contributed by atoms with Crippen LogP contribution in [-0.4, -0.2) is 17.8 Å². The summed E-state index contributed by atoms with van der Waals surface area (Å²) >= 11 is 0. The summed E-state index contributed by atoms with van der Waals surface area (Å²) in [7, 11) is 0. The van der Waals surface area contributed by atoms with Gasteiger partial charge >= 0.3 is 0 Å². The van der Waals surface area contributed by atoms with Gasteiger partial charge in [0.05, 0.1) is 12.7 Å². The summed E-state index contributed by atoms with van der Waals surface area (Å²) in [5.41, 5.74) is 2.55. The minimum absolute atomic E-state index is 0.120. The van der Waals surface area contributed by atoms with E-state index in [1.807, 2.05) is 0 Å². The maximum absolute atomic E-state index is 10.8. The number of ether oxygens (including phenoxy) is 1. The van der Waals surface area contributed by atoms with Crippen LogP contribution in [0.4, 0.5) is 0 Å². The molecule has 2 aliphatic rings. The number of aliphatic hydroxyl groups excluding tert-OH is 1. The molecular formula is C18H26O2. The standard InChI is InChI=1S/C18H26O2/c1-12-7-8-15(11-13(12)2)17(19)18-16-6-4-3-5-14(16)9-10-20-18/h3-6,12-13,15,17-19H,7-11H2,1-2H3. The lowest BCUT2D eigenvalue weighted by Gasteiger charge is -2.39. The highest BCUT2D eigenvalue weighted by Gasteiger charge is 2.36. The second-order valence-corrected chi connectivity index (χ2v) is 6.76. The van der Waals surface area contributed by atoms with Crippen LogP contribution < -0.4 is 0 Å². The summed E-state index contributed by atoms with van der Waals surface area (Å²) in [4.78, 5) is 0. The van der Waals surface area contributed by atoms with E-state index in [0.717, 1.165) is 31.8 Å². The first-order valence-electron chi connectivity index (χ1n) is 8.04. The van der Waals surface area contributed by atoms with Gasteiger partial charge in [0.2, 0.25) is 0 Å². The SMILES string of the molecule is CC1CCC(C(O)C2OCCc3ccccc32)CC1C. The van der Waals surface area contributed by atoms with Crippen LogP contribution >= 0.6 is 0 Å². The van der Waals surface area contributed by atoms with Gasteiger partial charge in [-0.3, -0.25) is 0 Å². The molecule has 3 rings (SSSR count). The van der Waals surface area contributed by atoms with E-state index in [0.29, 0.717) is 11.8 Å². The van der Waals surface area contributed by atoms with Gasteiger partial charge in [0.1, 0.15) is 6.10 Å². The molecule has 2 nitrogen and oxygen atoms in total. The minimum Gasteiger partial charge on any atom is -0.390 e. The first-order chi connectivity index (χ1) is 9.66. The fraction of sp³-hybridized carbons (Fsp3) is 0.667. The van der Waals surface area contributed by atoms with Crippen molar-refractivity contribution in [2.24, 2.45) is 17.8 Å². The smallest absolute Gasteiger partial charge is 0.109 e. The maximum Gasteiger partial charge on any atom is 0.109 e. The molecule has 1 aliphatic heterocycles. The van der Waals surface area contributed by atoms with Gasteiger partial charge in [0.25, 0.3) is 0 Å². The Bertz CT molecular complexity index is 456. The van der Waals surface area contributed by atoms with Crippen LogP contribution in [0.1, 0.15) is 50.3 Å². The summed E-state index contributed by atoms with van der Waals surface area (Å²) in [6, 6.07) is 8.43. The van der Waals surface area contributed by atoms with E-state index in [1.165, 1.54) is 17.5 Å². The van der Waals surface area contributed by atoms with E-state index >= 15 is 0 Å². The number of aliphatic hydroxyl groups is 1. The second-order valence-electron chi connectivity index (χ2n) is 6.76. The molecule has 5 atom stereocenters. The number of rotatable bonds is 2. The Balaban J connectivity index is 1.76. The van der Waals surface area contributed by atoms with Crippen molar-refractivity contribution in [1.82, 2.24) is 0 Å². The highest BCUT2D eigenvalue weighted by Crippen LogP contribution is 2.40. The van der Waals surface area contributed by atoms with Crippen molar-refractivity contribution < 1.29 is 9.84 Å². The zero-order valence-electron chi connectivity index (χ0n) is 12.6. The first-order valence-corrected chi connectivity index (χ1v) is 8.04. The van der Waals surface area contributed by atoms with Crippen molar-refractivity contribution in [3.05, 3.63) is 35.4 Å². The molecule has 0 radical (unpaired) electrons. The molecule has 1 heterocycles. The van der Waals surface area contributed by atoms with Gasteiger partial charge in [0, 0.05) is 0 Å². The molecule has 1 aromatic rings. The van der Waals surface area contributed by atoms with E-state index < -0.39 is 0 Å². The van der Waals surface area contributed by atoms with Gasteiger partial charge in [-0.1, -0.05) is 44.5 Å². The van der Waals surface area contributed by atoms with Crippen molar-refractivity contribution >= 4 is 0 Å². The van der Waals surface area contributed by atoms with Crippen molar-refractivity contribution in [2.45, 2.75) is 51.7 Å². The molecule has 1 aromatic carbocycles. The highest BCUT2D eigenvalue weighted by atomic mass is 16.5. The van der Waals surface area contributed by atoms with Gasteiger partial charge in [-0.25, -0.2) is 0 Å². The molecule has 1 N–H and O–H groups in total. The lowest BCUT2D eigenvalue weighted by molar-refractivity contribution is -0.0826. The zero-order valence-corrected chi connectivity index (χ0v) is 12.6. The highest BCUT2D eigenvalue weighted by molar-refractivity contribution is 5.31. The summed E-state index contributed by atoms with van der Waals surface area (Å²) in [6.45, 7) is 5.39. The molecule has 0 spiro atoms. The van der Waals surface area contributed by atoms with Gasteiger partial charge in [-0.15, -0.1) is 0 Å². The molecule has 20 heavy (non-hydrogen) atoms. The summed E-state index contributed by atoms with van der Waals surface area (Å²) in [6.07, 6.45) is 3.99. The predicted molar refractivity (Wildman–Crippen MR) is 80.5 cm³/mol. The lowest BCUT2D eigenvalue weighted by Crippen LogP contribution is -2.36. The van der Waals surface area contributed by atoms with E-state index in [-0.39, 0.29) is 12.2 Å².